The van der Waals surface area contributed by atoms with Gasteiger partial charge in [-0.15, -0.1) is 0 Å². The molecule has 1 aromatic heterocycles. The topological polar surface area (TPSA) is 36.3 Å². The number of hydrogen-bond donors (Lipinski definition) is 0. The van der Waals surface area contributed by atoms with Crippen molar-refractivity contribution >= 4 is 11.0 Å². The van der Waals surface area contributed by atoms with Crippen LogP contribution < -0.4 is 4.74 Å². The fraction of sp³-hybridized carbons (Fsp3) is 0.409. The van der Waals surface area contributed by atoms with Gasteiger partial charge in [-0.1, -0.05) is 45.0 Å². The molecule has 138 valence electrons. The average Bonchev–Trinajstić information content (AvgIpc) is 2.98. The van der Waals surface area contributed by atoms with Crippen molar-refractivity contribution in [3.05, 3.63) is 59.9 Å². The highest BCUT2D eigenvalue weighted by Gasteiger charge is 2.14. The van der Waals surface area contributed by atoms with Crippen LogP contribution in [0.3, 0.4) is 0 Å². The van der Waals surface area contributed by atoms with Crippen LogP contribution in [0.1, 0.15) is 39.1 Å². The summed E-state index contributed by atoms with van der Waals surface area (Å²) in [7, 11) is 0. The van der Waals surface area contributed by atoms with Gasteiger partial charge < -0.3 is 14.0 Å². The fourth-order valence-electron chi connectivity index (χ4n) is 2.98. The minimum atomic E-state index is 0.145. The van der Waals surface area contributed by atoms with E-state index in [-0.39, 0.29) is 5.41 Å². The maximum atomic E-state index is 6.01. The zero-order valence-corrected chi connectivity index (χ0v) is 16.2. The molecule has 4 heteroatoms. The van der Waals surface area contributed by atoms with Gasteiger partial charge in [0, 0.05) is 13.2 Å². The van der Waals surface area contributed by atoms with E-state index >= 15 is 0 Å². The summed E-state index contributed by atoms with van der Waals surface area (Å²) < 4.78 is 13.7. The smallest absolute Gasteiger partial charge is 0.148 e. The molecule has 0 aliphatic carbocycles. The molecule has 1 heterocycles. The largest absolute Gasteiger partial charge is 0.486 e. The highest BCUT2D eigenvalue weighted by Crippen LogP contribution is 2.25. The van der Waals surface area contributed by atoms with E-state index in [1.165, 1.54) is 5.56 Å². The zero-order valence-electron chi connectivity index (χ0n) is 16.2. The SMILES string of the molecule is CCOCCn1c(COc2ccc(C(C)(C)C)cc2)nc2ccccc21. The number of ether oxygens (including phenoxy) is 2. The molecule has 0 saturated carbocycles. The lowest BCUT2D eigenvalue weighted by Gasteiger charge is -2.19. The Morgan fingerprint density at radius 1 is 1.00 bits per heavy atom. The Balaban J connectivity index is 1.76. The second-order valence-electron chi connectivity index (χ2n) is 7.43. The monoisotopic (exact) mass is 352 g/mol. The Morgan fingerprint density at radius 3 is 2.42 bits per heavy atom. The molecule has 0 aliphatic rings. The van der Waals surface area contributed by atoms with E-state index in [0.717, 1.165) is 35.8 Å². The summed E-state index contributed by atoms with van der Waals surface area (Å²) in [4.78, 5) is 4.75. The molecule has 0 N–H and O–H groups in total. The van der Waals surface area contributed by atoms with Gasteiger partial charge in [-0.3, -0.25) is 0 Å². The average molecular weight is 352 g/mol. The number of benzene rings is 2. The second kappa shape index (κ2) is 7.92. The molecule has 0 unspecified atom stereocenters. The summed E-state index contributed by atoms with van der Waals surface area (Å²) in [6, 6.07) is 16.5. The van der Waals surface area contributed by atoms with E-state index < -0.39 is 0 Å². The van der Waals surface area contributed by atoms with Crippen LogP contribution in [0.25, 0.3) is 11.0 Å². The lowest BCUT2D eigenvalue weighted by atomic mass is 9.87. The number of fused-ring (bicyclic) bond motifs is 1. The van der Waals surface area contributed by atoms with Crippen molar-refractivity contribution < 1.29 is 9.47 Å². The van der Waals surface area contributed by atoms with E-state index in [9.17, 15) is 0 Å². The predicted molar refractivity (Wildman–Crippen MR) is 106 cm³/mol. The third kappa shape index (κ3) is 4.25. The molecule has 0 atom stereocenters. The Bertz CT molecular complexity index is 845. The maximum Gasteiger partial charge on any atom is 0.148 e. The van der Waals surface area contributed by atoms with E-state index in [1.54, 1.807) is 0 Å². The predicted octanol–water partition coefficient (Wildman–Crippen LogP) is 4.95. The number of aromatic nitrogens is 2. The molecule has 26 heavy (non-hydrogen) atoms. The summed E-state index contributed by atoms with van der Waals surface area (Å²) in [5.41, 5.74) is 3.56. The molecule has 0 spiro atoms. The molecule has 3 aromatic rings. The number of hydrogen-bond acceptors (Lipinski definition) is 3. The van der Waals surface area contributed by atoms with Crippen LogP contribution >= 0.6 is 0 Å². The van der Waals surface area contributed by atoms with E-state index in [0.29, 0.717) is 13.2 Å². The Hall–Kier alpha value is -2.33. The molecule has 0 bridgehead atoms. The first kappa shape index (κ1) is 18.5. The molecule has 0 aliphatic heterocycles. The van der Waals surface area contributed by atoms with E-state index in [1.807, 2.05) is 37.3 Å². The van der Waals surface area contributed by atoms with Crippen LogP contribution in [-0.2, 0) is 23.3 Å². The molecular weight excluding hydrogens is 324 g/mol. The Morgan fingerprint density at radius 2 is 1.73 bits per heavy atom. The molecular formula is C22H28N2O2. The van der Waals surface area contributed by atoms with Crippen molar-refractivity contribution in [1.29, 1.82) is 0 Å². The van der Waals surface area contributed by atoms with Gasteiger partial charge in [-0.25, -0.2) is 4.98 Å². The van der Waals surface area contributed by atoms with Crippen molar-refractivity contribution in [3.63, 3.8) is 0 Å². The highest BCUT2D eigenvalue weighted by molar-refractivity contribution is 5.75. The first-order valence-electron chi connectivity index (χ1n) is 9.24. The summed E-state index contributed by atoms with van der Waals surface area (Å²) in [6.45, 7) is 11.3. The quantitative estimate of drug-likeness (QED) is 0.565. The van der Waals surface area contributed by atoms with Gasteiger partial charge in [-0.2, -0.15) is 0 Å². The summed E-state index contributed by atoms with van der Waals surface area (Å²) in [5.74, 6) is 1.78. The molecule has 4 nitrogen and oxygen atoms in total. The van der Waals surface area contributed by atoms with Crippen molar-refractivity contribution in [2.75, 3.05) is 13.2 Å². The third-order valence-corrected chi connectivity index (χ3v) is 4.49. The zero-order chi connectivity index (χ0) is 18.6. The Kier molecular flexibility index (Phi) is 5.62. The first-order valence-corrected chi connectivity index (χ1v) is 9.24. The summed E-state index contributed by atoms with van der Waals surface area (Å²) in [6.07, 6.45) is 0. The minimum absolute atomic E-state index is 0.145. The lowest BCUT2D eigenvalue weighted by Crippen LogP contribution is -2.12. The van der Waals surface area contributed by atoms with Crippen molar-refractivity contribution in [2.24, 2.45) is 0 Å². The van der Waals surface area contributed by atoms with Gasteiger partial charge in [0.25, 0.3) is 0 Å². The lowest BCUT2D eigenvalue weighted by molar-refractivity contribution is 0.138. The highest BCUT2D eigenvalue weighted by atomic mass is 16.5. The summed E-state index contributed by atoms with van der Waals surface area (Å²) in [5, 5.41) is 0. The Labute approximate surface area is 155 Å². The molecule has 0 saturated heterocycles. The van der Waals surface area contributed by atoms with E-state index in [4.69, 9.17) is 14.5 Å². The van der Waals surface area contributed by atoms with E-state index in [2.05, 4.69) is 43.5 Å². The maximum absolute atomic E-state index is 6.01. The normalized spacial score (nSPS) is 11.8. The van der Waals surface area contributed by atoms with Crippen LogP contribution in [0.5, 0.6) is 5.75 Å². The van der Waals surface area contributed by atoms with Gasteiger partial charge >= 0.3 is 0 Å². The second-order valence-corrected chi connectivity index (χ2v) is 7.43. The van der Waals surface area contributed by atoms with Crippen molar-refractivity contribution in [1.82, 2.24) is 9.55 Å². The fourth-order valence-corrected chi connectivity index (χ4v) is 2.98. The van der Waals surface area contributed by atoms with Crippen LogP contribution in [0, 0.1) is 0 Å². The van der Waals surface area contributed by atoms with Crippen LogP contribution in [0.4, 0.5) is 0 Å². The number of imidazole rings is 1. The summed E-state index contributed by atoms with van der Waals surface area (Å²) >= 11 is 0. The van der Waals surface area contributed by atoms with Gasteiger partial charge in [0.1, 0.15) is 18.2 Å². The first-order chi connectivity index (χ1) is 12.5. The number of rotatable bonds is 7. The third-order valence-electron chi connectivity index (χ3n) is 4.49. The molecule has 3 rings (SSSR count). The van der Waals surface area contributed by atoms with Gasteiger partial charge in [-0.05, 0) is 42.2 Å². The van der Waals surface area contributed by atoms with Crippen LogP contribution in [-0.4, -0.2) is 22.8 Å². The van der Waals surface area contributed by atoms with Crippen molar-refractivity contribution in [3.8, 4) is 5.75 Å². The molecule has 0 amide bonds. The molecule has 0 fully saturated rings. The number of nitrogens with zero attached hydrogens (tertiary/aromatic N) is 2. The molecule has 2 aromatic carbocycles. The van der Waals surface area contributed by atoms with Crippen LogP contribution in [0.15, 0.2) is 48.5 Å². The van der Waals surface area contributed by atoms with Crippen LogP contribution in [0.2, 0.25) is 0 Å². The number of para-hydroxylation sites is 2. The minimum Gasteiger partial charge on any atom is -0.486 e. The molecule has 0 radical (unpaired) electrons. The standard InChI is InChI=1S/C22H28N2O2/c1-5-25-15-14-24-20-9-7-6-8-19(20)23-21(24)16-26-18-12-10-17(11-13-18)22(2,3)4/h6-13H,5,14-16H2,1-4H3. The van der Waals surface area contributed by atoms with Gasteiger partial charge in [0.15, 0.2) is 0 Å². The van der Waals surface area contributed by atoms with Gasteiger partial charge in [0.05, 0.1) is 17.6 Å². The van der Waals surface area contributed by atoms with Crippen molar-refractivity contribution in [2.45, 2.75) is 46.3 Å². The van der Waals surface area contributed by atoms with Gasteiger partial charge in [0.2, 0.25) is 0 Å².